The molecule has 0 saturated heterocycles. The first kappa shape index (κ1) is 11.9. The van der Waals surface area contributed by atoms with E-state index in [-0.39, 0.29) is 0 Å². The van der Waals surface area contributed by atoms with Gasteiger partial charge in [0.15, 0.2) is 5.82 Å². The molecule has 0 saturated carbocycles. The maximum absolute atomic E-state index is 6.06. The van der Waals surface area contributed by atoms with Gasteiger partial charge in [0.2, 0.25) is 0 Å². The molecule has 1 heterocycles. The van der Waals surface area contributed by atoms with Crippen molar-refractivity contribution in [2.24, 2.45) is 0 Å². The molecule has 0 aliphatic carbocycles. The van der Waals surface area contributed by atoms with Gasteiger partial charge in [0.25, 0.3) is 0 Å². The number of anilines is 2. The van der Waals surface area contributed by atoms with Crippen LogP contribution < -0.4 is 10.6 Å². The second-order valence-electron chi connectivity index (χ2n) is 3.72. The van der Waals surface area contributed by atoms with Crippen LogP contribution in [-0.4, -0.2) is 22.9 Å². The number of aromatic nitrogens is 2. The number of aryl methyl sites for hydroxylation is 2. The Hall–Kier alpha value is -1.19. The summed E-state index contributed by atoms with van der Waals surface area (Å²) in [5.74, 6) is 1.08. The maximum atomic E-state index is 6.06. The average Bonchev–Trinajstić information content (AvgIpc) is 2.52. The van der Waals surface area contributed by atoms with E-state index in [0.29, 0.717) is 0 Å². The number of rotatable bonds is 5. The lowest BCUT2D eigenvalue weighted by molar-refractivity contribution is 0.629. The molecular weight excluding hydrogens is 188 g/mol. The standard InChI is InChI=1S/C11H22N4/c1-5-8-14(6-2)11-10(12)9(4)13-15(11)7-3/h5-8,12H2,1-4H3. The van der Waals surface area contributed by atoms with E-state index in [1.54, 1.807) is 0 Å². The van der Waals surface area contributed by atoms with Gasteiger partial charge in [-0.2, -0.15) is 5.10 Å². The second kappa shape index (κ2) is 5.05. The molecule has 0 unspecified atom stereocenters. The fourth-order valence-corrected chi connectivity index (χ4v) is 1.82. The topological polar surface area (TPSA) is 47.1 Å². The lowest BCUT2D eigenvalue weighted by Crippen LogP contribution is -2.27. The Balaban J connectivity index is 3.08. The molecule has 0 bridgehead atoms. The van der Waals surface area contributed by atoms with Crippen LogP contribution in [0.3, 0.4) is 0 Å². The Morgan fingerprint density at radius 2 is 2.00 bits per heavy atom. The third kappa shape index (κ3) is 2.25. The van der Waals surface area contributed by atoms with Crippen molar-refractivity contribution in [1.29, 1.82) is 0 Å². The molecule has 0 amide bonds. The molecule has 0 atom stereocenters. The largest absolute Gasteiger partial charge is 0.394 e. The zero-order valence-corrected chi connectivity index (χ0v) is 10.2. The molecule has 0 aliphatic rings. The van der Waals surface area contributed by atoms with Crippen LogP contribution >= 0.6 is 0 Å². The smallest absolute Gasteiger partial charge is 0.150 e. The summed E-state index contributed by atoms with van der Waals surface area (Å²) in [4.78, 5) is 2.29. The normalized spacial score (nSPS) is 10.7. The third-order valence-electron chi connectivity index (χ3n) is 2.62. The predicted molar refractivity (Wildman–Crippen MR) is 65.2 cm³/mol. The highest BCUT2D eigenvalue weighted by Gasteiger charge is 2.16. The fraction of sp³-hybridized carbons (Fsp3) is 0.727. The van der Waals surface area contributed by atoms with Crippen LogP contribution in [0.5, 0.6) is 0 Å². The van der Waals surface area contributed by atoms with Gasteiger partial charge in [0.1, 0.15) is 0 Å². The van der Waals surface area contributed by atoms with Gasteiger partial charge in [-0.1, -0.05) is 6.92 Å². The van der Waals surface area contributed by atoms with E-state index in [0.717, 1.165) is 43.3 Å². The lowest BCUT2D eigenvalue weighted by atomic mass is 10.3. The Labute approximate surface area is 92.1 Å². The van der Waals surface area contributed by atoms with E-state index in [1.807, 2.05) is 11.6 Å². The number of hydrogen-bond acceptors (Lipinski definition) is 3. The van der Waals surface area contributed by atoms with Crippen molar-refractivity contribution in [2.45, 2.75) is 40.7 Å². The van der Waals surface area contributed by atoms with E-state index < -0.39 is 0 Å². The molecule has 0 aromatic carbocycles. The highest BCUT2D eigenvalue weighted by molar-refractivity contribution is 5.66. The summed E-state index contributed by atoms with van der Waals surface area (Å²) in [6.45, 7) is 11.3. The molecule has 86 valence electrons. The van der Waals surface area contributed by atoms with Gasteiger partial charge in [-0.05, 0) is 27.2 Å². The minimum atomic E-state index is 0.826. The minimum Gasteiger partial charge on any atom is -0.394 e. The first-order chi connectivity index (χ1) is 7.15. The van der Waals surface area contributed by atoms with Gasteiger partial charge < -0.3 is 10.6 Å². The van der Waals surface area contributed by atoms with E-state index in [9.17, 15) is 0 Å². The van der Waals surface area contributed by atoms with Gasteiger partial charge in [0, 0.05) is 19.6 Å². The highest BCUT2D eigenvalue weighted by atomic mass is 15.4. The molecule has 0 spiro atoms. The summed E-state index contributed by atoms with van der Waals surface area (Å²) in [7, 11) is 0. The third-order valence-corrected chi connectivity index (χ3v) is 2.62. The van der Waals surface area contributed by atoms with Gasteiger partial charge in [-0.25, -0.2) is 4.68 Å². The predicted octanol–water partition coefficient (Wildman–Crippen LogP) is 2.03. The van der Waals surface area contributed by atoms with Crippen molar-refractivity contribution in [3.63, 3.8) is 0 Å². The van der Waals surface area contributed by atoms with Crippen LogP contribution in [0.4, 0.5) is 11.5 Å². The lowest BCUT2D eigenvalue weighted by Gasteiger charge is -2.23. The van der Waals surface area contributed by atoms with E-state index in [1.165, 1.54) is 0 Å². The number of nitrogens with zero attached hydrogens (tertiary/aromatic N) is 3. The Bertz CT molecular complexity index is 317. The molecule has 4 nitrogen and oxygen atoms in total. The Morgan fingerprint density at radius 3 is 2.47 bits per heavy atom. The van der Waals surface area contributed by atoms with Gasteiger partial charge in [-0.15, -0.1) is 0 Å². The first-order valence-electron chi connectivity index (χ1n) is 5.73. The zero-order chi connectivity index (χ0) is 11.4. The second-order valence-corrected chi connectivity index (χ2v) is 3.72. The van der Waals surface area contributed by atoms with Crippen LogP contribution in [0, 0.1) is 6.92 Å². The number of nitrogens with two attached hydrogens (primary N) is 1. The van der Waals surface area contributed by atoms with Crippen molar-refractivity contribution in [1.82, 2.24) is 9.78 Å². The average molecular weight is 210 g/mol. The summed E-state index contributed by atoms with van der Waals surface area (Å²) < 4.78 is 1.99. The monoisotopic (exact) mass is 210 g/mol. The summed E-state index contributed by atoms with van der Waals surface area (Å²) in [5.41, 5.74) is 7.82. The molecule has 15 heavy (non-hydrogen) atoms. The summed E-state index contributed by atoms with van der Waals surface area (Å²) >= 11 is 0. The van der Waals surface area contributed by atoms with Gasteiger partial charge in [0.05, 0.1) is 11.4 Å². The highest BCUT2D eigenvalue weighted by Crippen LogP contribution is 2.26. The number of nitrogen functional groups attached to an aromatic ring is 1. The molecular formula is C11H22N4. The van der Waals surface area contributed by atoms with Crippen LogP contribution in [0.2, 0.25) is 0 Å². The van der Waals surface area contributed by atoms with Gasteiger partial charge >= 0.3 is 0 Å². The van der Waals surface area contributed by atoms with Crippen LogP contribution in [-0.2, 0) is 6.54 Å². The summed E-state index contributed by atoms with van der Waals surface area (Å²) in [6, 6.07) is 0. The van der Waals surface area contributed by atoms with Crippen molar-refractivity contribution < 1.29 is 0 Å². The van der Waals surface area contributed by atoms with Crippen LogP contribution in [0.25, 0.3) is 0 Å². The molecule has 4 heteroatoms. The van der Waals surface area contributed by atoms with Crippen molar-refractivity contribution in [3.05, 3.63) is 5.69 Å². The van der Waals surface area contributed by atoms with E-state index >= 15 is 0 Å². The minimum absolute atomic E-state index is 0.826. The molecule has 0 radical (unpaired) electrons. The van der Waals surface area contributed by atoms with E-state index in [2.05, 4.69) is 30.8 Å². The molecule has 1 rings (SSSR count). The Kier molecular flexibility index (Phi) is 4.00. The zero-order valence-electron chi connectivity index (χ0n) is 10.2. The molecule has 0 aliphatic heterocycles. The quantitative estimate of drug-likeness (QED) is 0.809. The first-order valence-corrected chi connectivity index (χ1v) is 5.73. The van der Waals surface area contributed by atoms with E-state index in [4.69, 9.17) is 5.73 Å². The fourth-order valence-electron chi connectivity index (χ4n) is 1.82. The molecule has 1 aromatic rings. The molecule has 1 aromatic heterocycles. The molecule has 2 N–H and O–H groups in total. The summed E-state index contributed by atoms with van der Waals surface area (Å²) in [6.07, 6.45) is 1.13. The SMILES string of the molecule is CCCN(CC)c1c(N)c(C)nn1CC. The van der Waals surface area contributed by atoms with Gasteiger partial charge in [-0.3, -0.25) is 0 Å². The maximum Gasteiger partial charge on any atom is 0.150 e. The van der Waals surface area contributed by atoms with Crippen molar-refractivity contribution in [2.75, 3.05) is 23.7 Å². The van der Waals surface area contributed by atoms with Crippen LogP contribution in [0.15, 0.2) is 0 Å². The van der Waals surface area contributed by atoms with Crippen molar-refractivity contribution >= 4 is 11.5 Å². The Morgan fingerprint density at radius 1 is 1.33 bits per heavy atom. The molecule has 0 fully saturated rings. The number of hydrogen-bond donors (Lipinski definition) is 1. The van der Waals surface area contributed by atoms with Crippen LogP contribution in [0.1, 0.15) is 32.9 Å². The van der Waals surface area contributed by atoms with Crippen molar-refractivity contribution in [3.8, 4) is 0 Å². The summed E-state index contributed by atoms with van der Waals surface area (Å²) in [5, 5.41) is 4.43.